The van der Waals surface area contributed by atoms with Gasteiger partial charge in [0.1, 0.15) is 0 Å². The van der Waals surface area contributed by atoms with Gasteiger partial charge in [0.25, 0.3) is 0 Å². The van der Waals surface area contributed by atoms with Crippen LogP contribution >= 0.6 is 9.24 Å². The minimum absolute atomic E-state index is 0.491. The molecule has 24 heavy (non-hydrogen) atoms. The van der Waals surface area contributed by atoms with Crippen LogP contribution in [0.3, 0.4) is 0 Å². The van der Waals surface area contributed by atoms with E-state index in [0.717, 1.165) is 23.4 Å². The smallest absolute Gasteiger partial charge is 0.00395 e. The lowest BCUT2D eigenvalue weighted by molar-refractivity contribution is 0.345. The predicted molar refractivity (Wildman–Crippen MR) is 114 cm³/mol. The predicted octanol–water partition coefficient (Wildman–Crippen LogP) is 5.59. The lowest BCUT2D eigenvalue weighted by Gasteiger charge is -2.20. The van der Waals surface area contributed by atoms with Gasteiger partial charge in [0.2, 0.25) is 0 Å². The second-order valence-electron chi connectivity index (χ2n) is 8.60. The van der Waals surface area contributed by atoms with Crippen molar-refractivity contribution in [3.05, 3.63) is 0 Å². The standard InChI is InChI=1S/C10H21P.C7H14.C4H12N2/c1-8(2)9-5-3-4-6-10(11)7-9;1-7-5-3-2-4-6-7;1-4(2-5)3-6/h8-10H,3-7,11H2,1-2H3;7H,2-6H2,1H3;4H,2-3,5-6H2,1H3. The Kier molecular flexibility index (Phi) is 15.8. The fourth-order valence-corrected chi connectivity index (χ4v) is 4.03. The molecule has 0 spiro atoms. The Morgan fingerprint density at radius 3 is 1.71 bits per heavy atom. The molecule has 0 saturated heterocycles. The summed E-state index contributed by atoms with van der Waals surface area (Å²) in [4.78, 5) is 0. The van der Waals surface area contributed by atoms with Crippen LogP contribution in [0.25, 0.3) is 0 Å². The van der Waals surface area contributed by atoms with E-state index in [9.17, 15) is 0 Å². The molecule has 2 nitrogen and oxygen atoms in total. The van der Waals surface area contributed by atoms with Crippen LogP contribution in [0.2, 0.25) is 0 Å². The third-order valence-electron chi connectivity index (χ3n) is 5.65. The van der Waals surface area contributed by atoms with E-state index < -0.39 is 0 Å². The first-order chi connectivity index (χ1) is 11.4. The first-order valence-electron chi connectivity index (χ1n) is 10.6. The zero-order valence-electron chi connectivity index (χ0n) is 17.1. The molecule has 0 aromatic heterocycles. The van der Waals surface area contributed by atoms with E-state index in [4.69, 9.17) is 11.5 Å². The van der Waals surface area contributed by atoms with Gasteiger partial charge in [-0.15, -0.1) is 9.24 Å². The summed E-state index contributed by atoms with van der Waals surface area (Å²) in [7, 11) is 3.01. The second-order valence-corrected chi connectivity index (χ2v) is 9.55. The molecule has 4 N–H and O–H groups in total. The molecule has 0 bridgehead atoms. The molecule has 3 atom stereocenters. The van der Waals surface area contributed by atoms with Gasteiger partial charge in [-0.25, -0.2) is 0 Å². The molecule has 0 aliphatic heterocycles. The van der Waals surface area contributed by atoms with Gasteiger partial charge in [0.15, 0.2) is 0 Å². The first kappa shape index (κ1) is 24.4. The summed E-state index contributed by atoms with van der Waals surface area (Å²) in [5, 5.41) is 0. The van der Waals surface area contributed by atoms with Crippen LogP contribution in [-0.4, -0.2) is 18.7 Å². The Hall–Kier alpha value is 0.350. The van der Waals surface area contributed by atoms with E-state index in [1.807, 2.05) is 6.92 Å². The van der Waals surface area contributed by atoms with Gasteiger partial charge in [-0.3, -0.25) is 0 Å². The zero-order valence-corrected chi connectivity index (χ0v) is 18.3. The average molecular weight is 359 g/mol. The largest absolute Gasteiger partial charge is 0.330 e. The van der Waals surface area contributed by atoms with Gasteiger partial charge >= 0.3 is 0 Å². The summed E-state index contributed by atoms with van der Waals surface area (Å²) in [6.45, 7) is 10.5. The molecule has 2 saturated carbocycles. The van der Waals surface area contributed by atoms with Gasteiger partial charge in [-0.05, 0) is 55.3 Å². The number of nitrogens with two attached hydrogens (primary N) is 2. The molecule has 2 fully saturated rings. The van der Waals surface area contributed by atoms with Gasteiger partial charge < -0.3 is 11.5 Å². The molecule has 3 unspecified atom stereocenters. The summed E-state index contributed by atoms with van der Waals surface area (Å²) < 4.78 is 0. The molecule has 0 radical (unpaired) electrons. The maximum atomic E-state index is 5.20. The van der Waals surface area contributed by atoms with E-state index >= 15 is 0 Å². The molecule has 0 aromatic carbocycles. The summed E-state index contributed by atoms with van der Waals surface area (Å²) in [5.41, 5.74) is 11.3. The van der Waals surface area contributed by atoms with Gasteiger partial charge in [-0.1, -0.05) is 79.1 Å². The van der Waals surface area contributed by atoms with Crippen molar-refractivity contribution in [1.29, 1.82) is 0 Å². The maximum absolute atomic E-state index is 5.20. The van der Waals surface area contributed by atoms with Crippen molar-refractivity contribution < 1.29 is 0 Å². The van der Waals surface area contributed by atoms with E-state index in [0.29, 0.717) is 19.0 Å². The van der Waals surface area contributed by atoms with Crippen molar-refractivity contribution in [2.75, 3.05) is 13.1 Å². The zero-order chi connectivity index (χ0) is 18.4. The lowest BCUT2D eigenvalue weighted by atomic mass is 9.89. The third-order valence-corrected chi connectivity index (χ3v) is 6.25. The highest BCUT2D eigenvalue weighted by Crippen LogP contribution is 2.32. The van der Waals surface area contributed by atoms with Crippen LogP contribution in [0.1, 0.15) is 91.9 Å². The third kappa shape index (κ3) is 13.6. The summed E-state index contributed by atoms with van der Waals surface area (Å²) in [6, 6.07) is 0. The van der Waals surface area contributed by atoms with Gasteiger partial charge in [0.05, 0.1) is 0 Å². The molecule has 2 aliphatic carbocycles. The SMILES string of the molecule is CC(C)C1CCCCC(P)C1.CC(CN)CN.CC1CCCCC1. The number of hydrogen-bond acceptors (Lipinski definition) is 2. The normalized spacial score (nSPS) is 25.4. The Morgan fingerprint density at radius 2 is 1.33 bits per heavy atom. The molecular weight excluding hydrogens is 311 g/mol. The Morgan fingerprint density at radius 1 is 0.833 bits per heavy atom. The molecule has 2 rings (SSSR count). The Bertz CT molecular complexity index is 261. The monoisotopic (exact) mass is 358 g/mol. The maximum Gasteiger partial charge on any atom is -0.00395 e. The quantitative estimate of drug-likeness (QED) is 0.510. The second kappa shape index (κ2) is 15.6. The van der Waals surface area contributed by atoms with E-state index in [1.165, 1.54) is 64.2 Å². The van der Waals surface area contributed by atoms with Crippen molar-refractivity contribution in [1.82, 2.24) is 0 Å². The molecule has 0 heterocycles. The van der Waals surface area contributed by atoms with Crippen molar-refractivity contribution in [3.63, 3.8) is 0 Å². The van der Waals surface area contributed by atoms with E-state index in [2.05, 4.69) is 30.0 Å². The fourth-order valence-electron chi connectivity index (χ4n) is 3.45. The van der Waals surface area contributed by atoms with Crippen LogP contribution in [-0.2, 0) is 0 Å². The van der Waals surface area contributed by atoms with Crippen molar-refractivity contribution in [2.45, 2.75) is 97.6 Å². The lowest BCUT2D eigenvalue weighted by Crippen LogP contribution is -2.19. The van der Waals surface area contributed by atoms with E-state index in [1.54, 1.807) is 0 Å². The van der Waals surface area contributed by atoms with E-state index in [-0.39, 0.29) is 0 Å². The van der Waals surface area contributed by atoms with Crippen molar-refractivity contribution in [3.8, 4) is 0 Å². The average Bonchev–Trinajstić information content (AvgIpc) is 2.80. The van der Waals surface area contributed by atoms with Crippen molar-refractivity contribution >= 4 is 9.24 Å². The molecule has 3 heteroatoms. The number of hydrogen-bond donors (Lipinski definition) is 2. The number of rotatable bonds is 3. The van der Waals surface area contributed by atoms with Gasteiger partial charge in [-0.2, -0.15) is 0 Å². The molecular formula is C21H47N2P. The highest BCUT2D eigenvalue weighted by molar-refractivity contribution is 7.17. The Balaban J connectivity index is 0.000000353. The summed E-state index contributed by atoms with van der Waals surface area (Å²) in [6.07, 6.45) is 14.7. The Labute approximate surface area is 155 Å². The summed E-state index contributed by atoms with van der Waals surface area (Å²) in [5.74, 6) is 3.43. The molecule has 146 valence electrons. The molecule has 2 aliphatic rings. The molecule has 0 amide bonds. The highest BCUT2D eigenvalue weighted by Gasteiger charge is 2.19. The van der Waals surface area contributed by atoms with Gasteiger partial charge in [0, 0.05) is 0 Å². The molecule has 0 aromatic rings. The van der Waals surface area contributed by atoms with Crippen LogP contribution in [0.5, 0.6) is 0 Å². The van der Waals surface area contributed by atoms with Crippen molar-refractivity contribution in [2.24, 2.45) is 35.1 Å². The fraction of sp³-hybridized carbons (Fsp3) is 1.00. The topological polar surface area (TPSA) is 52.0 Å². The van der Waals surface area contributed by atoms with Crippen LogP contribution < -0.4 is 11.5 Å². The minimum atomic E-state index is 0.491. The van der Waals surface area contributed by atoms with Crippen LogP contribution in [0, 0.1) is 23.7 Å². The minimum Gasteiger partial charge on any atom is -0.330 e. The highest BCUT2D eigenvalue weighted by atomic mass is 31.0. The summed E-state index contributed by atoms with van der Waals surface area (Å²) >= 11 is 0. The van der Waals surface area contributed by atoms with Crippen LogP contribution in [0.15, 0.2) is 0 Å². The van der Waals surface area contributed by atoms with Crippen LogP contribution in [0.4, 0.5) is 0 Å². The first-order valence-corrected chi connectivity index (χ1v) is 11.2.